The molecule has 4 aromatic rings. The fourth-order valence-electron chi connectivity index (χ4n) is 4.26. The molecule has 0 unspecified atom stereocenters. The zero-order valence-electron chi connectivity index (χ0n) is 21.5. The lowest BCUT2D eigenvalue weighted by molar-refractivity contribution is -0.000384. The van der Waals surface area contributed by atoms with Crippen LogP contribution < -0.4 is 4.74 Å². The van der Waals surface area contributed by atoms with Crippen LogP contribution in [0.25, 0.3) is 32.5 Å². The maximum atomic E-state index is 14.2. The van der Waals surface area contributed by atoms with E-state index in [-0.39, 0.29) is 18.7 Å². The second kappa shape index (κ2) is 10.5. The molecule has 1 amide bonds. The summed E-state index contributed by atoms with van der Waals surface area (Å²) in [5.41, 5.74) is 2.30. The summed E-state index contributed by atoms with van der Waals surface area (Å²) in [6.07, 6.45) is 3.29. The largest absolute Gasteiger partial charge is 0.490 e. The summed E-state index contributed by atoms with van der Waals surface area (Å²) in [7, 11) is 1.58. The normalized spacial score (nSPS) is 14.1. The van der Waals surface area contributed by atoms with Crippen molar-refractivity contribution in [2.24, 2.45) is 0 Å². The molecule has 5 rings (SSSR count). The first kappa shape index (κ1) is 26.4. The van der Waals surface area contributed by atoms with Gasteiger partial charge in [-0.3, -0.25) is 4.68 Å². The number of aromatic nitrogens is 3. The lowest BCUT2D eigenvalue weighted by atomic mass is 9.99. The van der Waals surface area contributed by atoms with Crippen molar-refractivity contribution in [2.45, 2.75) is 32.4 Å². The zero-order valence-corrected chi connectivity index (χ0v) is 23.1. The number of likely N-dealkylation sites (tertiary alicyclic amines) is 1. The van der Waals surface area contributed by atoms with E-state index in [1.54, 1.807) is 24.3 Å². The van der Waals surface area contributed by atoms with E-state index >= 15 is 0 Å². The summed E-state index contributed by atoms with van der Waals surface area (Å²) in [4.78, 5) is 18.7. The fraction of sp³-hybridized carbons (Fsp3) is 0.370. The van der Waals surface area contributed by atoms with Crippen LogP contribution in [0.3, 0.4) is 0 Å². The molecule has 1 aromatic carbocycles. The second-order valence-electron chi connectivity index (χ2n) is 10.0. The van der Waals surface area contributed by atoms with Gasteiger partial charge >= 0.3 is 6.09 Å². The number of halogens is 2. The molecule has 11 heteroatoms. The summed E-state index contributed by atoms with van der Waals surface area (Å²) in [6.45, 7) is 7.16. The van der Waals surface area contributed by atoms with Crippen LogP contribution in [-0.4, -0.2) is 64.8 Å². The number of ether oxygens (including phenoxy) is 3. The quantitative estimate of drug-likeness (QED) is 0.192. The maximum absolute atomic E-state index is 14.2. The Morgan fingerprint density at radius 3 is 2.76 bits per heavy atom. The Bertz CT molecular complexity index is 1480. The number of fused-ring (bicyclic) bond motifs is 1. The Morgan fingerprint density at radius 2 is 2.03 bits per heavy atom. The zero-order chi connectivity index (χ0) is 27.0. The number of hydrogen-bond acceptors (Lipinski definition) is 7. The molecule has 1 fully saturated rings. The van der Waals surface area contributed by atoms with Gasteiger partial charge in [0.25, 0.3) is 0 Å². The first-order valence-corrected chi connectivity index (χ1v) is 13.4. The van der Waals surface area contributed by atoms with E-state index in [4.69, 9.17) is 30.8 Å². The summed E-state index contributed by atoms with van der Waals surface area (Å²) < 4.78 is 33.4. The molecule has 1 aliphatic heterocycles. The van der Waals surface area contributed by atoms with Gasteiger partial charge in [-0.2, -0.15) is 5.10 Å². The molecular formula is C27H28ClFN4O4S. The summed E-state index contributed by atoms with van der Waals surface area (Å²) in [6, 6.07) is 6.39. The minimum Gasteiger partial charge on any atom is -0.490 e. The lowest BCUT2D eigenvalue weighted by Gasteiger charge is -2.39. The Morgan fingerprint density at radius 1 is 1.24 bits per heavy atom. The van der Waals surface area contributed by atoms with Crippen LogP contribution in [-0.2, 0) is 9.47 Å². The molecule has 8 nitrogen and oxygen atoms in total. The molecule has 1 aliphatic rings. The Hall–Kier alpha value is -3.21. The van der Waals surface area contributed by atoms with Crippen molar-refractivity contribution in [1.29, 1.82) is 0 Å². The smallest absolute Gasteiger partial charge is 0.410 e. The van der Waals surface area contributed by atoms with Crippen molar-refractivity contribution in [3.8, 4) is 28.1 Å². The van der Waals surface area contributed by atoms with Gasteiger partial charge < -0.3 is 19.1 Å². The number of carbonyl (C=O) groups is 1. The van der Waals surface area contributed by atoms with Gasteiger partial charge in [-0.25, -0.2) is 14.2 Å². The van der Waals surface area contributed by atoms with Crippen LogP contribution in [0.15, 0.2) is 42.0 Å². The molecule has 38 heavy (non-hydrogen) atoms. The Labute approximate surface area is 228 Å². The SMILES string of the molecule is COCCOc1cc(F)ccc1-c1c(-c2cnn(C3CN(C(=O)OC(C)(C)C)C3)c2)nc(Cl)c2ccsc12. The molecule has 0 saturated carbocycles. The first-order valence-electron chi connectivity index (χ1n) is 12.2. The van der Waals surface area contributed by atoms with E-state index < -0.39 is 11.4 Å². The van der Waals surface area contributed by atoms with E-state index in [0.29, 0.717) is 41.9 Å². The van der Waals surface area contributed by atoms with Gasteiger partial charge in [0.2, 0.25) is 0 Å². The van der Waals surface area contributed by atoms with Gasteiger partial charge in [0.15, 0.2) is 0 Å². The average Bonchev–Trinajstić information content (AvgIpc) is 3.48. The minimum absolute atomic E-state index is 0.0134. The van der Waals surface area contributed by atoms with Crippen LogP contribution in [0.1, 0.15) is 26.8 Å². The highest BCUT2D eigenvalue weighted by atomic mass is 35.5. The molecule has 4 heterocycles. The highest BCUT2D eigenvalue weighted by Crippen LogP contribution is 2.45. The number of hydrogen-bond donors (Lipinski definition) is 0. The summed E-state index contributed by atoms with van der Waals surface area (Å²) in [5.74, 6) is -0.0130. The van der Waals surface area contributed by atoms with Gasteiger partial charge in [0.05, 0.1) is 24.5 Å². The highest BCUT2D eigenvalue weighted by Gasteiger charge is 2.35. The van der Waals surface area contributed by atoms with E-state index in [2.05, 4.69) is 5.10 Å². The Kier molecular flexibility index (Phi) is 7.30. The van der Waals surface area contributed by atoms with Crippen LogP contribution >= 0.6 is 22.9 Å². The number of benzene rings is 1. The van der Waals surface area contributed by atoms with Crippen molar-refractivity contribution in [3.05, 3.63) is 53.0 Å². The van der Waals surface area contributed by atoms with E-state index in [1.807, 2.05) is 43.1 Å². The minimum atomic E-state index is -0.546. The monoisotopic (exact) mass is 558 g/mol. The first-order chi connectivity index (χ1) is 18.1. The van der Waals surface area contributed by atoms with Gasteiger partial charge in [-0.1, -0.05) is 11.6 Å². The number of rotatable bonds is 7. The molecule has 0 atom stereocenters. The molecule has 200 valence electrons. The van der Waals surface area contributed by atoms with Gasteiger partial charge in [0.1, 0.15) is 28.9 Å². The number of methoxy groups -OCH3 is 1. The number of carbonyl (C=O) groups excluding carboxylic acids is 1. The lowest BCUT2D eigenvalue weighted by Crippen LogP contribution is -2.52. The molecular weight excluding hydrogens is 531 g/mol. The van der Waals surface area contributed by atoms with Crippen LogP contribution in [0.5, 0.6) is 5.75 Å². The number of thiophene rings is 1. The highest BCUT2D eigenvalue weighted by molar-refractivity contribution is 7.18. The fourth-order valence-corrected chi connectivity index (χ4v) is 5.52. The van der Waals surface area contributed by atoms with Crippen LogP contribution in [0.4, 0.5) is 9.18 Å². The molecule has 3 aromatic heterocycles. The molecule has 0 aliphatic carbocycles. The second-order valence-corrected chi connectivity index (χ2v) is 11.3. The number of amides is 1. The molecule has 0 radical (unpaired) electrons. The summed E-state index contributed by atoms with van der Waals surface area (Å²) in [5, 5.41) is 7.69. The van der Waals surface area contributed by atoms with Gasteiger partial charge in [0, 0.05) is 59.2 Å². The third-order valence-corrected chi connectivity index (χ3v) is 7.30. The molecule has 0 N–H and O–H groups in total. The van der Waals surface area contributed by atoms with Crippen LogP contribution in [0, 0.1) is 5.82 Å². The molecule has 0 bridgehead atoms. The van der Waals surface area contributed by atoms with Gasteiger partial charge in [-0.05, 0) is 44.4 Å². The van der Waals surface area contributed by atoms with E-state index in [0.717, 1.165) is 21.2 Å². The third-order valence-electron chi connectivity index (χ3n) is 6.08. The van der Waals surface area contributed by atoms with E-state index in [1.165, 1.54) is 23.5 Å². The van der Waals surface area contributed by atoms with Crippen molar-refractivity contribution >= 4 is 39.1 Å². The van der Waals surface area contributed by atoms with Crippen molar-refractivity contribution in [3.63, 3.8) is 0 Å². The van der Waals surface area contributed by atoms with Gasteiger partial charge in [-0.15, -0.1) is 11.3 Å². The number of pyridine rings is 1. The number of nitrogens with zero attached hydrogens (tertiary/aromatic N) is 4. The predicted octanol–water partition coefficient (Wildman–Crippen LogP) is 6.44. The Balaban J connectivity index is 1.50. The summed E-state index contributed by atoms with van der Waals surface area (Å²) >= 11 is 8.12. The molecule has 1 saturated heterocycles. The molecule has 0 spiro atoms. The predicted molar refractivity (Wildman–Crippen MR) is 145 cm³/mol. The van der Waals surface area contributed by atoms with Crippen molar-refractivity contribution in [2.75, 3.05) is 33.4 Å². The van der Waals surface area contributed by atoms with Crippen LogP contribution in [0.2, 0.25) is 5.15 Å². The van der Waals surface area contributed by atoms with Crippen molar-refractivity contribution in [1.82, 2.24) is 19.7 Å². The average molecular weight is 559 g/mol. The topological polar surface area (TPSA) is 78.7 Å². The standard InChI is InChI=1S/C27H28ClFN4O4S/c1-27(2,3)37-26(34)32-14-18(15-32)33-13-16(12-30-33)23-22(24-20(7-10-38-24)25(28)31-23)19-6-5-17(29)11-21(19)36-9-8-35-4/h5-7,10-13,18H,8-9,14-15H2,1-4H3. The third kappa shape index (κ3) is 5.34. The maximum Gasteiger partial charge on any atom is 0.410 e. The van der Waals surface area contributed by atoms with Crippen molar-refractivity contribution < 1.29 is 23.4 Å². The van der Waals surface area contributed by atoms with E-state index in [9.17, 15) is 9.18 Å².